The summed E-state index contributed by atoms with van der Waals surface area (Å²) in [6.45, 7) is 2.19. The molecule has 5 heteroatoms. The van der Waals surface area contributed by atoms with Crippen LogP contribution in [0.5, 0.6) is 0 Å². The first-order valence-corrected chi connectivity index (χ1v) is 6.55. The Labute approximate surface area is 106 Å². The molecule has 0 aromatic carbocycles. The van der Waals surface area contributed by atoms with Gasteiger partial charge < -0.3 is 10.2 Å². The molecule has 4 nitrogen and oxygen atoms in total. The van der Waals surface area contributed by atoms with Gasteiger partial charge in [0.1, 0.15) is 12.0 Å². The fourth-order valence-corrected chi connectivity index (χ4v) is 3.01. The van der Waals surface area contributed by atoms with E-state index in [1.54, 1.807) is 6.33 Å². The lowest BCUT2D eigenvalue weighted by Gasteiger charge is -2.34. The van der Waals surface area contributed by atoms with E-state index in [0.717, 1.165) is 24.6 Å². The molecule has 1 aromatic heterocycles. The number of halogens is 1. The van der Waals surface area contributed by atoms with Crippen molar-refractivity contribution < 1.29 is 0 Å². The first-order chi connectivity index (χ1) is 8.24. The lowest BCUT2D eigenvalue weighted by Crippen LogP contribution is -2.37. The molecule has 0 atom stereocenters. The molecule has 3 rings (SSSR count). The molecule has 1 aliphatic carbocycles. The van der Waals surface area contributed by atoms with E-state index in [-0.39, 0.29) is 0 Å². The SMILES string of the molecule is CNc1c(Cl)ncnc1N1CCCC2(CC2)C1. The number of nitrogens with zero attached hydrogens (tertiary/aromatic N) is 3. The predicted octanol–water partition coefficient (Wildman–Crippen LogP) is 2.55. The molecular weight excluding hydrogens is 236 g/mol. The topological polar surface area (TPSA) is 41.1 Å². The third-order valence-corrected chi connectivity index (χ3v) is 4.24. The third kappa shape index (κ3) is 1.95. The first-order valence-electron chi connectivity index (χ1n) is 6.17. The zero-order chi connectivity index (χ0) is 11.9. The van der Waals surface area contributed by atoms with Gasteiger partial charge in [-0.15, -0.1) is 0 Å². The second-order valence-corrected chi connectivity index (χ2v) is 5.50. The van der Waals surface area contributed by atoms with Crippen molar-refractivity contribution in [3.05, 3.63) is 11.5 Å². The summed E-state index contributed by atoms with van der Waals surface area (Å²) < 4.78 is 0. The Morgan fingerprint density at radius 1 is 1.35 bits per heavy atom. The zero-order valence-electron chi connectivity index (χ0n) is 10.0. The molecule has 1 saturated heterocycles. The van der Waals surface area contributed by atoms with Crippen LogP contribution >= 0.6 is 11.6 Å². The van der Waals surface area contributed by atoms with Gasteiger partial charge in [-0.1, -0.05) is 11.6 Å². The minimum Gasteiger partial charge on any atom is -0.383 e. The maximum absolute atomic E-state index is 6.10. The number of hydrogen-bond donors (Lipinski definition) is 1. The average molecular weight is 253 g/mol. The minimum absolute atomic E-state index is 0.507. The molecule has 1 spiro atoms. The molecule has 0 unspecified atom stereocenters. The number of nitrogens with one attached hydrogen (secondary N) is 1. The van der Waals surface area contributed by atoms with Crippen molar-refractivity contribution in [2.24, 2.45) is 5.41 Å². The van der Waals surface area contributed by atoms with E-state index in [4.69, 9.17) is 11.6 Å². The summed E-state index contributed by atoms with van der Waals surface area (Å²) in [5.74, 6) is 0.957. The Hall–Kier alpha value is -1.03. The summed E-state index contributed by atoms with van der Waals surface area (Å²) in [5.41, 5.74) is 1.44. The Kier molecular flexibility index (Phi) is 2.62. The summed E-state index contributed by atoms with van der Waals surface area (Å²) >= 11 is 6.10. The van der Waals surface area contributed by atoms with E-state index < -0.39 is 0 Å². The standard InChI is InChI=1S/C12H17ClN4/c1-14-9-10(13)15-8-16-11(9)17-6-2-3-12(7-17)4-5-12/h8,14H,2-7H2,1H3. The van der Waals surface area contributed by atoms with Crippen LogP contribution in [-0.2, 0) is 0 Å². The van der Waals surface area contributed by atoms with Gasteiger partial charge in [-0.3, -0.25) is 0 Å². The van der Waals surface area contributed by atoms with E-state index in [2.05, 4.69) is 20.2 Å². The summed E-state index contributed by atoms with van der Waals surface area (Å²) in [5, 5.41) is 3.62. The zero-order valence-corrected chi connectivity index (χ0v) is 10.8. The summed E-state index contributed by atoms with van der Waals surface area (Å²) in [7, 11) is 1.87. The Morgan fingerprint density at radius 2 is 2.18 bits per heavy atom. The molecule has 2 fully saturated rings. The highest BCUT2D eigenvalue weighted by Gasteiger charge is 2.45. The molecule has 1 N–H and O–H groups in total. The van der Waals surface area contributed by atoms with Gasteiger partial charge in [0.05, 0.1) is 0 Å². The molecule has 92 valence electrons. The van der Waals surface area contributed by atoms with Gasteiger partial charge in [-0.2, -0.15) is 0 Å². The van der Waals surface area contributed by atoms with Crippen molar-refractivity contribution in [1.82, 2.24) is 9.97 Å². The number of rotatable bonds is 2. The number of aromatic nitrogens is 2. The van der Waals surface area contributed by atoms with Gasteiger partial charge in [0, 0.05) is 20.1 Å². The number of piperidine rings is 1. The smallest absolute Gasteiger partial charge is 0.157 e. The van der Waals surface area contributed by atoms with Crippen molar-refractivity contribution in [1.29, 1.82) is 0 Å². The van der Waals surface area contributed by atoms with Gasteiger partial charge in [0.15, 0.2) is 11.0 Å². The molecule has 0 amide bonds. The summed E-state index contributed by atoms with van der Waals surface area (Å²) in [4.78, 5) is 10.8. The van der Waals surface area contributed by atoms with Crippen LogP contribution < -0.4 is 10.2 Å². The maximum atomic E-state index is 6.10. The Bertz CT molecular complexity index is 431. The monoisotopic (exact) mass is 252 g/mol. The molecule has 2 heterocycles. The second kappa shape index (κ2) is 4.02. The minimum atomic E-state index is 0.507. The van der Waals surface area contributed by atoms with Crippen LogP contribution in [0.1, 0.15) is 25.7 Å². The van der Waals surface area contributed by atoms with Gasteiger partial charge in [-0.25, -0.2) is 9.97 Å². The van der Waals surface area contributed by atoms with Crippen molar-refractivity contribution in [3.63, 3.8) is 0 Å². The van der Waals surface area contributed by atoms with Crippen LogP contribution in [0, 0.1) is 5.41 Å². The van der Waals surface area contributed by atoms with E-state index in [0.29, 0.717) is 10.6 Å². The van der Waals surface area contributed by atoms with Gasteiger partial charge in [0.25, 0.3) is 0 Å². The second-order valence-electron chi connectivity index (χ2n) is 5.14. The van der Waals surface area contributed by atoms with Crippen LogP contribution in [0.2, 0.25) is 5.15 Å². The van der Waals surface area contributed by atoms with E-state index in [1.165, 1.54) is 25.7 Å². The van der Waals surface area contributed by atoms with Gasteiger partial charge in [0.2, 0.25) is 0 Å². The quantitative estimate of drug-likeness (QED) is 0.822. The predicted molar refractivity (Wildman–Crippen MR) is 69.7 cm³/mol. The molecule has 2 aliphatic rings. The lowest BCUT2D eigenvalue weighted by atomic mass is 9.95. The fraction of sp³-hybridized carbons (Fsp3) is 0.667. The Morgan fingerprint density at radius 3 is 2.88 bits per heavy atom. The van der Waals surface area contributed by atoms with E-state index in [9.17, 15) is 0 Å². The highest BCUT2D eigenvalue weighted by molar-refractivity contribution is 6.32. The summed E-state index contributed by atoms with van der Waals surface area (Å²) in [6, 6.07) is 0. The number of anilines is 2. The van der Waals surface area contributed by atoms with Crippen molar-refractivity contribution in [2.75, 3.05) is 30.4 Å². The average Bonchev–Trinajstić information content (AvgIpc) is 3.08. The molecule has 0 radical (unpaired) electrons. The summed E-state index contributed by atoms with van der Waals surface area (Å²) in [6.07, 6.45) is 6.92. The van der Waals surface area contributed by atoms with Crippen molar-refractivity contribution in [2.45, 2.75) is 25.7 Å². The van der Waals surface area contributed by atoms with Crippen LogP contribution in [0.25, 0.3) is 0 Å². The van der Waals surface area contributed by atoms with E-state index >= 15 is 0 Å². The normalized spacial score (nSPS) is 21.6. The lowest BCUT2D eigenvalue weighted by molar-refractivity contribution is 0.393. The maximum Gasteiger partial charge on any atom is 0.157 e. The van der Waals surface area contributed by atoms with Crippen LogP contribution in [0.3, 0.4) is 0 Å². The molecule has 1 aromatic rings. The molecule has 1 aliphatic heterocycles. The molecular formula is C12H17ClN4. The highest BCUT2D eigenvalue weighted by atomic mass is 35.5. The molecule has 0 bridgehead atoms. The van der Waals surface area contributed by atoms with Crippen molar-refractivity contribution in [3.8, 4) is 0 Å². The van der Waals surface area contributed by atoms with Crippen LogP contribution in [0.15, 0.2) is 6.33 Å². The van der Waals surface area contributed by atoms with Gasteiger partial charge >= 0.3 is 0 Å². The first kappa shape index (κ1) is 11.1. The third-order valence-electron chi connectivity index (χ3n) is 3.95. The van der Waals surface area contributed by atoms with Crippen LogP contribution in [-0.4, -0.2) is 30.1 Å². The van der Waals surface area contributed by atoms with Gasteiger partial charge in [-0.05, 0) is 31.1 Å². The van der Waals surface area contributed by atoms with Crippen molar-refractivity contribution >= 4 is 23.1 Å². The van der Waals surface area contributed by atoms with E-state index in [1.807, 2.05) is 7.05 Å². The van der Waals surface area contributed by atoms with Crippen LogP contribution in [0.4, 0.5) is 11.5 Å². The molecule has 17 heavy (non-hydrogen) atoms. The fourth-order valence-electron chi connectivity index (χ4n) is 2.78. The largest absolute Gasteiger partial charge is 0.383 e. The highest BCUT2D eigenvalue weighted by Crippen LogP contribution is 2.52. The molecule has 1 saturated carbocycles. The Balaban J connectivity index is 1.90. The number of hydrogen-bond acceptors (Lipinski definition) is 4.